The van der Waals surface area contributed by atoms with Crippen molar-refractivity contribution in [3.8, 4) is 22.3 Å². The van der Waals surface area contributed by atoms with Crippen LogP contribution < -0.4 is 0 Å². The molecule has 0 amide bonds. The number of aliphatic hydroxyl groups excluding tert-OH is 2. The van der Waals surface area contributed by atoms with E-state index in [2.05, 4.69) is 84.9 Å². The topological polar surface area (TPSA) is 40.5 Å². The predicted molar refractivity (Wildman–Crippen MR) is 138 cm³/mol. The maximum atomic E-state index is 9.62. The van der Waals surface area contributed by atoms with Gasteiger partial charge in [-0.25, -0.2) is 0 Å². The van der Waals surface area contributed by atoms with E-state index in [9.17, 15) is 10.2 Å². The van der Waals surface area contributed by atoms with Gasteiger partial charge in [0.1, 0.15) is 0 Å². The molecule has 1 spiro atoms. The minimum Gasteiger partial charge on any atom is -0.396 e. The van der Waals surface area contributed by atoms with Gasteiger partial charge in [-0.1, -0.05) is 72.8 Å². The van der Waals surface area contributed by atoms with Crippen LogP contribution in [0.3, 0.4) is 0 Å². The van der Waals surface area contributed by atoms with Crippen LogP contribution in [0.2, 0.25) is 0 Å². The molecule has 2 aliphatic carbocycles. The Labute approximate surface area is 202 Å². The molecule has 2 nitrogen and oxygen atoms in total. The van der Waals surface area contributed by atoms with Gasteiger partial charge in [-0.05, 0) is 56.6 Å². The Morgan fingerprint density at radius 1 is 0.515 bits per heavy atom. The van der Waals surface area contributed by atoms with E-state index in [1.165, 1.54) is 54.3 Å². The van der Waals surface area contributed by atoms with E-state index in [1.54, 1.807) is 23.5 Å². The van der Waals surface area contributed by atoms with Crippen LogP contribution in [0.25, 0.3) is 22.3 Å². The van der Waals surface area contributed by atoms with Gasteiger partial charge in [-0.2, -0.15) is 0 Å². The fourth-order valence-corrected chi connectivity index (χ4v) is 7.52. The van der Waals surface area contributed by atoms with E-state index < -0.39 is 5.41 Å². The second kappa shape index (κ2) is 8.37. The first-order valence-corrected chi connectivity index (χ1v) is 13.2. The normalized spacial score (nSPS) is 14.1. The number of thioether (sulfide) groups is 2. The molecule has 0 heterocycles. The third-order valence-corrected chi connectivity index (χ3v) is 8.82. The molecule has 4 aromatic rings. The fraction of sp³-hybridized carbons (Fsp3) is 0.172. The molecule has 4 aromatic carbocycles. The van der Waals surface area contributed by atoms with Crippen LogP contribution in [0.15, 0.2) is 94.7 Å². The van der Waals surface area contributed by atoms with Crippen molar-refractivity contribution in [3.63, 3.8) is 0 Å². The zero-order valence-electron chi connectivity index (χ0n) is 18.1. The van der Waals surface area contributed by atoms with E-state index in [0.29, 0.717) is 11.5 Å². The quantitative estimate of drug-likeness (QED) is 0.286. The number of rotatable bonds is 6. The molecule has 4 heteroatoms. The summed E-state index contributed by atoms with van der Waals surface area (Å²) in [6, 6.07) is 30.8. The first kappa shape index (κ1) is 21.1. The van der Waals surface area contributed by atoms with Gasteiger partial charge < -0.3 is 10.2 Å². The highest BCUT2D eigenvalue weighted by molar-refractivity contribution is 7.99. The monoisotopic (exact) mass is 468 g/mol. The zero-order chi connectivity index (χ0) is 22.4. The third-order valence-electron chi connectivity index (χ3n) is 6.74. The Balaban J connectivity index is 1.77. The molecule has 33 heavy (non-hydrogen) atoms. The molecule has 0 saturated heterocycles. The molecule has 6 rings (SSSR count). The van der Waals surface area contributed by atoms with Gasteiger partial charge in [0, 0.05) is 21.3 Å². The molecule has 2 N–H and O–H groups in total. The summed E-state index contributed by atoms with van der Waals surface area (Å²) in [5.74, 6) is 1.33. The fourth-order valence-electron chi connectivity index (χ4n) is 5.74. The Hall–Kier alpha value is -2.50. The van der Waals surface area contributed by atoms with Crippen LogP contribution in [-0.4, -0.2) is 34.9 Å². The highest BCUT2D eigenvalue weighted by Gasteiger charge is 2.53. The maximum absolute atomic E-state index is 9.62. The van der Waals surface area contributed by atoms with Crippen molar-refractivity contribution in [2.45, 2.75) is 15.2 Å². The summed E-state index contributed by atoms with van der Waals surface area (Å²) < 4.78 is 0. The highest BCUT2D eigenvalue weighted by atomic mass is 32.2. The predicted octanol–water partition coefficient (Wildman–Crippen LogP) is 6.20. The van der Waals surface area contributed by atoms with Gasteiger partial charge >= 0.3 is 0 Å². The van der Waals surface area contributed by atoms with Gasteiger partial charge in [0.05, 0.1) is 18.6 Å². The molecule has 0 fully saturated rings. The molecule has 164 valence electrons. The van der Waals surface area contributed by atoms with Gasteiger partial charge in [0.25, 0.3) is 0 Å². The number of hydrogen-bond donors (Lipinski definition) is 2. The zero-order valence-corrected chi connectivity index (χ0v) is 19.8. The van der Waals surface area contributed by atoms with Crippen molar-refractivity contribution >= 4 is 23.5 Å². The Bertz CT molecular complexity index is 1260. The van der Waals surface area contributed by atoms with E-state index in [-0.39, 0.29) is 13.2 Å². The minimum absolute atomic E-state index is 0.152. The molecule has 0 aromatic heterocycles. The molecule has 0 unspecified atom stereocenters. The Kier molecular flexibility index (Phi) is 5.34. The van der Waals surface area contributed by atoms with Crippen molar-refractivity contribution < 1.29 is 10.2 Å². The Morgan fingerprint density at radius 3 is 1.39 bits per heavy atom. The van der Waals surface area contributed by atoms with Crippen LogP contribution in [0, 0.1) is 0 Å². The molecular weight excluding hydrogens is 444 g/mol. The summed E-state index contributed by atoms with van der Waals surface area (Å²) >= 11 is 3.47. The molecule has 0 saturated carbocycles. The standard InChI is InChI=1S/C29H24O2S2/c30-15-17-32-25-13-5-9-21-19-7-1-3-11-23(19)29(27(21)25)24-12-4-2-8-20(24)22-10-6-14-26(28(22)29)33-18-16-31/h1-14,30-31H,15-18H2. The van der Waals surface area contributed by atoms with Crippen molar-refractivity contribution in [2.75, 3.05) is 24.7 Å². The summed E-state index contributed by atoms with van der Waals surface area (Å²) in [6.07, 6.45) is 0. The van der Waals surface area contributed by atoms with Crippen molar-refractivity contribution in [3.05, 3.63) is 107 Å². The van der Waals surface area contributed by atoms with Crippen LogP contribution in [0.4, 0.5) is 0 Å². The average Bonchev–Trinajstić information content (AvgIpc) is 3.34. The van der Waals surface area contributed by atoms with Crippen molar-refractivity contribution in [2.24, 2.45) is 0 Å². The smallest absolute Gasteiger partial charge is 0.0747 e. The average molecular weight is 469 g/mol. The summed E-state index contributed by atoms with van der Waals surface area (Å²) in [6.45, 7) is 0.304. The van der Waals surface area contributed by atoms with Gasteiger partial charge in [-0.15, -0.1) is 23.5 Å². The van der Waals surface area contributed by atoms with Gasteiger partial charge in [0.15, 0.2) is 0 Å². The molecule has 0 radical (unpaired) electrons. The SMILES string of the molecule is OCCSc1cccc2c1C1(c3ccccc3-2)c2ccccc2-c2cccc(SCCO)c21. The second-order valence-corrected chi connectivity index (χ2v) is 10.6. The molecule has 2 aliphatic rings. The maximum Gasteiger partial charge on any atom is 0.0747 e. The molecule has 0 aliphatic heterocycles. The van der Waals surface area contributed by atoms with Crippen molar-refractivity contribution in [1.29, 1.82) is 0 Å². The molecule has 0 bridgehead atoms. The van der Waals surface area contributed by atoms with Gasteiger partial charge in [0.2, 0.25) is 0 Å². The number of fused-ring (bicyclic) bond motifs is 10. The van der Waals surface area contributed by atoms with E-state index in [0.717, 1.165) is 0 Å². The lowest BCUT2D eigenvalue weighted by molar-refractivity contribution is 0.322. The third kappa shape index (κ3) is 2.91. The lowest BCUT2D eigenvalue weighted by atomic mass is 9.70. The number of hydrogen-bond acceptors (Lipinski definition) is 4. The number of aliphatic hydroxyl groups is 2. The lowest BCUT2D eigenvalue weighted by Gasteiger charge is -2.33. The summed E-state index contributed by atoms with van der Waals surface area (Å²) in [4.78, 5) is 2.45. The van der Waals surface area contributed by atoms with Crippen LogP contribution in [0.5, 0.6) is 0 Å². The highest BCUT2D eigenvalue weighted by Crippen LogP contribution is 2.65. The van der Waals surface area contributed by atoms with Crippen LogP contribution >= 0.6 is 23.5 Å². The van der Waals surface area contributed by atoms with E-state index >= 15 is 0 Å². The number of benzene rings is 4. The first-order chi connectivity index (χ1) is 16.3. The van der Waals surface area contributed by atoms with Crippen LogP contribution in [0.1, 0.15) is 22.3 Å². The minimum atomic E-state index is -0.407. The second-order valence-electron chi connectivity index (χ2n) is 8.34. The van der Waals surface area contributed by atoms with Crippen molar-refractivity contribution in [1.82, 2.24) is 0 Å². The first-order valence-electron chi connectivity index (χ1n) is 11.3. The summed E-state index contributed by atoms with van der Waals surface area (Å²) in [5.41, 5.74) is 10.0. The summed E-state index contributed by atoms with van der Waals surface area (Å²) in [7, 11) is 0. The Morgan fingerprint density at radius 2 is 0.939 bits per heavy atom. The van der Waals surface area contributed by atoms with Gasteiger partial charge in [-0.3, -0.25) is 0 Å². The molecule has 0 atom stereocenters. The summed E-state index contributed by atoms with van der Waals surface area (Å²) in [5, 5.41) is 19.2. The van der Waals surface area contributed by atoms with E-state index in [4.69, 9.17) is 0 Å². The lowest BCUT2D eigenvalue weighted by Crippen LogP contribution is -2.27. The van der Waals surface area contributed by atoms with E-state index in [1.807, 2.05) is 0 Å². The van der Waals surface area contributed by atoms with Crippen LogP contribution in [-0.2, 0) is 5.41 Å². The molecular formula is C29H24O2S2. The largest absolute Gasteiger partial charge is 0.396 e.